The van der Waals surface area contributed by atoms with E-state index < -0.39 is 5.60 Å². The number of likely N-dealkylation sites (tertiary alicyclic amines) is 1. The molecule has 136 valence electrons. The summed E-state index contributed by atoms with van der Waals surface area (Å²) in [4.78, 5) is 14.2. The van der Waals surface area contributed by atoms with E-state index in [0.29, 0.717) is 13.0 Å². The summed E-state index contributed by atoms with van der Waals surface area (Å²) in [6, 6.07) is 0.593. The van der Waals surface area contributed by atoms with Gasteiger partial charge in [0.1, 0.15) is 5.60 Å². The van der Waals surface area contributed by atoms with Crippen LogP contribution in [-0.2, 0) is 9.47 Å². The Kier molecular flexibility index (Phi) is 8.29. The summed E-state index contributed by atoms with van der Waals surface area (Å²) in [5.41, 5.74) is -0.460. The number of methoxy groups -OCH3 is 1. The first-order chi connectivity index (χ1) is 10.8. The van der Waals surface area contributed by atoms with Crippen molar-refractivity contribution in [1.29, 1.82) is 0 Å². The molecule has 1 rings (SSSR count). The molecule has 1 saturated heterocycles. The lowest BCUT2D eigenvalue weighted by molar-refractivity contribution is 0.0212. The number of aliphatic hydroxyl groups is 1. The Bertz CT molecular complexity index is 351. The molecule has 3 unspecified atom stereocenters. The van der Waals surface area contributed by atoms with Gasteiger partial charge in [-0.2, -0.15) is 0 Å². The van der Waals surface area contributed by atoms with E-state index in [1.165, 1.54) is 0 Å². The lowest BCUT2D eigenvalue weighted by atomic mass is 10.0. The number of amides is 1. The largest absolute Gasteiger partial charge is 0.444 e. The van der Waals surface area contributed by atoms with Crippen LogP contribution in [0.25, 0.3) is 0 Å². The third kappa shape index (κ3) is 7.50. The number of rotatable bonds is 8. The summed E-state index contributed by atoms with van der Waals surface area (Å²) >= 11 is 0. The normalized spacial score (nSPS) is 21.3. The summed E-state index contributed by atoms with van der Waals surface area (Å²) in [6.07, 6.45) is 3.37. The molecule has 1 fully saturated rings. The van der Waals surface area contributed by atoms with Crippen molar-refractivity contribution in [3.63, 3.8) is 0 Å². The van der Waals surface area contributed by atoms with Gasteiger partial charge in [-0.25, -0.2) is 4.79 Å². The number of nitrogens with zero attached hydrogens (tertiary/aromatic N) is 1. The fourth-order valence-corrected chi connectivity index (χ4v) is 3.09. The predicted octanol–water partition coefficient (Wildman–Crippen LogP) is 2.15. The van der Waals surface area contributed by atoms with E-state index in [0.717, 1.165) is 25.8 Å². The Morgan fingerprint density at radius 2 is 2.13 bits per heavy atom. The second kappa shape index (κ2) is 9.45. The minimum absolute atomic E-state index is 0.136. The molecule has 1 aliphatic heterocycles. The number of carbonyl (C=O) groups excluding carboxylic acids is 1. The van der Waals surface area contributed by atoms with Crippen LogP contribution in [0.1, 0.15) is 53.4 Å². The van der Waals surface area contributed by atoms with Crippen LogP contribution in [0.2, 0.25) is 0 Å². The molecule has 1 heterocycles. The second-order valence-corrected chi connectivity index (χ2v) is 7.44. The Labute approximate surface area is 140 Å². The average Bonchev–Trinajstić information content (AvgIpc) is 2.85. The second-order valence-electron chi connectivity index (χ2n) is 7.44. The molecule has 6 heteroatoms. The van der Waals surface area contributed by atoms with E-state index in [2.05, 4.69) is 12.2 Å². The van der Waals surface area contributed by atoms with E-state index in [9.17, 15) is 4.79 Å². The molecular formula is C17H34N2O4. The highest BCUT2D eigenvalue weighted by atomic mass is 16.6. The highest BCUT2D eigenvalue weighted by Crippen LogP contribution is 2.24. The lowest BCUT2D eigenvalue weighted by Crippen LogP contribution is -2.45. The highest BCUT2D eigenvalue weighted by Gasteiger charge is 2.33. The zero-order valence-corrected chi connectivity index (χ0v) is 15.3. The summed E-state index contributed by atoms with van der Waals surface area (Å²) in [7, 11) is 1.66. The van der Waals surface area contributed by atoms with Crippen LogP contribution in [0.5, 0.6) is 0 Å². The fraction of sp³-hybridized carbons (Fsp3) is 0.941. The number of ether oxygens (including phenoxy) is 2. The quantitative estimate of drug-likeness (QED) is 0.713. The van der Waals surface area contributed by atoms with Crippen molar-refractivity contribution in [1.82, 2.24) is 10.2 Å². The fourth-order valence-electron chi connectivity index (χ4n) is 3.09. The van der Waals surface area contributed by atoms with E-state index in [-0.39, 0.29) is 30.8 Å². The third-order valence-corrected chi connectivity index (χ3v) is 4.00. The first kappa shape index (κ1) is 20.2. The van der Waals surface area contributed by atoms with Crippen molar-refractivity contribution in [2.75, 3.05) is 26.9 Å². The van der Waals surface area contributed by atoms with Crippen molar-refractivity contribution in [3.8, 4) is 0 Å². The molecule has 0 saturated carbocycles. The molecule has 3 atom stereocenters. The van der Waals surface area contributed by atoms with Crippen LogP contribution in [0, 0.1) is 0 Å². The molecule has 0 spiro atoms. The number of carbonyl (C=O) groups is 1. The van der Waals surface area contributed by atoms with Crippen LogP contribution in [-0.4, -0.2) is 66.7 Å². The Morgan fingerprint density at radius 3 is 2.70 bits per heavy atom. The first-order valence-corrected chi connectivity index (χ1v) is 8.62. The predicted molar refractivity (Wildman–Crippen MR) is 90.5 cm³/mol. The van der Waals surface area contributed by atoms with Crippen LogP contribution in [0.4, 0.5) is 4.79 Å². The number of hydrogen-bond acceptors (Lipinski definition) is 5. The van der Waals surface area contributed by atoms with Gasteiger partial charge in [0.15, 0.2) is 0 Å². The molecular weight excluding hydrogens is 296 g/mol. The Balaban J connectivity index is 2.51. The van der Waals surface area contributed by atoms with Gasteiger partial charge in [0.2, 0.25) is 0 Å². The summed E-state index contributed by atoms with van der Waals surface area (Å²) in [5, 5.41) is 12.6. The maximum atomic E-state index is 12.3. The van der Waals surface area contributed by atoms with Crippen molar-refractivity contribution >= 4 is 6.09 Å². The molecule has 0 aromatic rings. The first-order valence-electron chi connectivity index (χ1n) is 8.62. The van der Waals surface area contributed by atoms with Crippen molar-refractivity contribution in [2.24, 2.45) is 0 Å². The molecule has 1 amide bonds. The van der Waals surface area contributed by atoms with Crippen LogP contribution in [0.15, 0.2) is 0 Å². The highest BCUT2D eigenvalue weighted by molar-refractivity contribution is 5.68. The average molecular weight is 330 g/mol. The van der Waals surface area contributed by atoms with Crippen LogP contribution < -0.4 is 5.32 Å². The van der Waals surface area contributed by atoms with Gasteiger partial charge in [-0.05, 0) is 53.4 Å². The number of nitrogens with one attached hydrogen (secondary N) is 1. The van der Waals surface area contributed by atoms with Gasteiger partial charge >= 0.3 is 6.09 Å². The minimum Gasteiger partial charge on any atom is -0.444 e. The number of hydrogen-bond donors (Lipinski definition) is 2. The zero-order valence-electron chi connectivity index (χ0n) is 15.3. The zero-order chi connectivity index (χ0) is 17.5. The monoisotopic (exact) mass is 330 g/mol. The lowest BCUT2D eigenvalue weighted by Gasteiger charge is -2.31. The van der Waals surface area contributed by atoms with Crippen LogP contribution >= 0.6 is 0 Å². The topological polar surface area (TPSA) is 71.0 Å². The smallest absolute Gasteiger partial charge is 0.410 e. The molecule has 2 N–H and O–H groups in total. The van der Waals surface area contributed by atoms with Crippen molar-refractivity contribution in [3.05, 3.63) is 0 Å². The number of aliphatic hydroxyl groups excluding tert-OH is 1. The van der Waals surface area contributed by atoms with Crippen molar-refractivity contribution in [2.45, 2.75) is 77.1 Å². The van der Waals surface area contributed by atoms with Gasteiger partial charge in [0.25, 0.3) is 0 Å². The van der Waals surface area contributed by atoms with Gasteiger partial charge in [-0.3, -0.25) is 0 Å². The molecule has 0 aromatic heterocycles. The van der Waals surface area contributed by atoms with E-state index in [4.69, 9.17) is 14.6 Å². The van der Waals surface area contributed by atoms with Crippen molar-refractivity contribution < 1.29 is 19.4 Å². The standard InChI is InChI=1S/C17H34N2O4/c1-13(18-14(8-10-20)12-22-5)11-15-7-6-9-19(15)16(21)23-17(2,3)4/h13-15,18,20H,6-12H2,1-5H3. The molecule has 1 aliphatic rings. The SMILES string of the molecule is COCC(CCO)NC(C)CC1CCCN1C(=O)OC(C)(C)C. The Morgan fingerprint density at radius 1 is 1.43 bits per heavy atom. The van der Waals surface area contributed by atoms with Gasteiger partial charge in [0, 0.05) is 38.4 Å². The van der Waals surface area contributed by atoms with Gasteiger partial charge in [0.05, 0.1) is 6.61 Å². The molecule has 0 aliphatic carbocycles. The summed E-state index contributed by atoms with van der Waals surface area (Å²) in [5.74, 6) is 0. The maximum absolute atomic E-state index is 12.3. The van der Waals surface area contributed by atoms with E-state index >= 15 is 0 Å². The molecule has 0 radical (unpaired) electrons. The summed E-state index contributed by atoms with van der Waals surface area (Å²) in [6.45, 7) is 9.28. The third-order valence-electron chi connectivity index (χ3n) is 4.00. The van der Waals surface area contributed by atoms with E-state index in [1.54, 1.807) is 7.11 Å². The molecule has 0 bridgehead atoms. The Hall–Kier alpha value is -0.850. The maximum Gasteiger partial charge on any atom is 0.410 e. The molecule has 23 heavy (non-hydrogen) atoms. The van der Waals surface area contributed by atoms with Gasteiger partial charge < -0.3 is 24.8 Å². The molecule has 0 aromatic carbocycles. The van der Waals surface area contributed by atoms with E-state index in [1.807, 2.05) is 25.7 Å². The van der Waals surface area contributed by atoms with Crippen LogP contribution in [0.3, 0.4) is 0 Å². The van der Waals surface area contributed by atoms with Gasteiger partial charge in [-0.15, -0.1) is 0 Å². The van der Waals surface area contributed by atoms with Gasteiger partial charge in [-0.1, -0.05) is 0 Å². The molecule has 6 nitrogen and oxygen atoms in total. The summed E-state index contributed by atoms with van der Waals surface area (Å²) < 4.78 is 10.7. The minimum atomic E-state index is -0.460.